The topological polar surface area (TPSA) is 26.0 Å². The molecule has 0 radical (unpaired) electrons. The van der Waals surface area contributed by atoms with Crippen molar-refractivity contribution in [2.75, 3.05) is 0 Å². The molecule has 84 valence electrons. The largest absolute Gasteiger partial charge is 0.324 e. The Balaban J connectivity index is 2.14. The lowest BCUT2D eigenvalue weighted by Gasteiger charge is -2.11. The second kappa shape index (κ2) is 5.00. The van der Waals surface area contributed by atoms with Crippen LogP contribution in [0.15, 0.2) is 35.7 Å². The summed E-state index contributed by atoms with van der Waals surface area (Å²) in [6.07, 6.45) is 0.831. The Morgan fingerprint density at radius 3 is 2.81 bits per heavy atom. The number of hydrogen-bond acceptors (Lipinski definition) is 2. The summed E-state index contributed by atoms with van der Waals surface area (Å²) in [6, 6.07) is 10.0. The third-order valence-electron chi connectivity index (χ3n) is 2.64. The van der Waals surface area contributed by atoms with E-state index in [9.17, 15) is 0 Å². The molecule has 1 nitrogen and oxygen atoms in total. The first kappa shape index (κ1) is 11.6. The average Bonchev–Trinajstić information content (AvgIpc) is 2.64. The van der Waals surface area contributed by atoms with E-state index >= 15 is 0 Å². The predicted octanol–water partition coefficient (Wildman–Crippen LogP) is 3.95. The molecule has 1 aromatic heterocycles. The van der Waals surface area contributed by atoms with Crippen LogP contribution in [-0.4, -0.2) is 0 Å². The van der Waals surface area contributed by atoms with E-state index in [1.807, 2.05) is 18.2 Å². The van der Waals surface area contributed by atoms with Crippen molar-refractivity contribution < 1.29 is 0 Å². The van der Waals surface area contributed by atoms with Crippen LogP contribution in [0.5, 0.6) is 0 Å². The van der Waals surface area contributed by atoms with Gasteiger partial charge < -0.3 is 5.73 Å². The van der Waals surface area contributed by atoms with Gasteiger partial charge in [-0.2, -0.15) is 0 Å². The van der Waals surface area contributed by atoms with Crippen LogP contribution in [0.2, 0.25) is 5.02 Å². The maximum atomic E-state index is 6.19. The molecule has 2 N–H and O–H groups in total. The van der Waals surface area contributed by atoms with Crippen LogP contribution in [0, 0.1) is 6.92 Å². The zero-order valence-corrected chi connectivity index (χ0v) is 10.7. The molecule has 0 spiro atoms. The summed E-state index contributed by atoms with van der Waals surface area (Å²) in [7, 11) is 0. The molecular weight excluding hydrogens is 238 g/mol. The quantitative estimate of drug-likeness (QED) is 0.878. The highest BCUT2D eigenvalue weighted by molar-refractivity contribution is 7.10. The van der Waals surface area contributed by atoms with Crippen molar-refractivity contribution >= 4 is 22.9 Å². The van der Waals surface area contributed by atoms with E-state index in [2.05, 4.69) is 24.4 Å². The van der Waals surface area contributed by atoms with Crippen molar-refractivity contribution in [3.63, 3.8) is 0 Å². The highest BCUT2D eigenvalue weighted by Crippen LogP contribution is 2.24. The van der Waals surface area contributed by atoms with Gasteiger partial charge in [0.05, 0.1) is 0 Å². The minimum atomic E-state index is 0.0599. The number of aryl methyl sites for hydroxylation is 1. The smallest absolute Gasteiger partial charge is 0.0408 e. The zero-order valence-electron chi connectivity index (χ0n) is 9.11. The Labute approximate surface area is 105 Å². The van der Waals surface area contributed by atoms with Gasteiger partial charge in [0.2, 0.25) is 0 Å². The SMILES string of the molecule is Cc1sccc1C(N)Cc1cccc(Cl)c1. The van der Waals surface area contributed by atoms with Crippen LogP contribution in [0.3, 0.4) is 0 Å². The van der Waals surface area contributed by atoms with Crippen LogP contribution in [0.1, 0.15) is 22.0 Å². The van der Waals surface area contributed by atoms with E-state index in [4.69, 9.17) is 17.3 Å². The summed E-state index contributed by atoms with van der Waals surface area (Å²) in [6.45, 7) is 2.11. The molecule has 0 bridgehead atoms. The van der Waals surface area contributed by atoms with Crippen molar-refractivity contribution in [1.82, 2.24) is 0 Å². The predicted molar refractivity (Wildman–Crippen MR) is 71.1 cm³/mol. The fourth-order valence-electron chi connectivity index (χ4n) is 1.81. The minimum Gasteiger partial charge on any atom is -0.324 e. The Morgan fingerprint density at radius 2 is 2.19 bits per heavy atom. The van der Waals surface area contributed by atoms with E-state index in [0.717, 1.165) is 11.4 Å². The standard InChI is InChI=1S/C13H14ClNS/c1-9-12(5-6-16-9)13(15)8-10-3-2-4-11(14)7-10/h2-7,13H,8,15H2,1H3. The normalized spacial score (nSPS) is 12.7. The van der Waals surface area contributed by atoms with Crippen molar-refractivity contribution in [2.45, 2.75) is 19.4 Å². The summed E-state index contributed by atoms with van der Waals surface area (Å²) >= 11 is 7.69. The molecule has 1 atom stereocenters. The molecule has 0 saturated carbocycles. The van der Waals surface area contributed by atoms with E-state index < -0.39 is 0 Å². The van der Waals surface area contributed by atoms with E-state index in [0.29, 0.717) is 0 Å². The van der Waals surface area contributed by atoms with Crippen LogP contribution in [0.4, 0.5) is 0 Å². The van der Waals surface area contributed by atoms with Gasteiger partial charge in [-0.05, 0) is 48.1 Å². The summed E-state index contributed by atoms with van der Waals surface area (Å²) in [4.78, 5) is 1.30. The van der Waals surface area contributed by atoms with E-state index in [1.54, 1.807) is 11.3 Å². The lowest BCUT2D eigenvalue weighted by atomic mass is 10.0. The molecule has 0 aliphatic carbocycles. The van der Waals surface area contributed by atoms with E-state index in [-0.39, 0.29) is 6.04 Å². The molecule has 1 aromatic carbocycles. The first-order valence-corrected chi connectivity index (χ1v) is 6.46. The summed E-state index contributed by atoms with van der Waals surface area (Å²) in [5, 5.41) is 2.86. The molecule has 0 saturated heterocycles. The number of halogens is 1. The van der Waals surface area contributed by atoms with E-state index in [1.165, 1.54) is 16.0 Å². The van der Waals surface area contributed by atoms with Gasteiger partial charge in [0, 0.05) is 15.9 Å². The highest BCUT2D eigenvalue weighted by Gasteiger charge is 2.10. The molecule has 1 heterocycles. The first-order chi connectivity index (χ1) is 7.66. The lowest BCUT2D eigenvalue weighted by Crippen LogP contribution is -2.13. The lowest BCUT2D eigenvalue weighted by molar-refractivity contribution is 0.721. The van der Waals surface area contributed by atoms with Crippen molar-refractivity contribution in [2.24, 2.45) is 5.73 Å². The van der Waals surface area contributed by atoms with Gasteiger partial charge in [0.15, 0.2) is 0 Å². The van der Waals surface area contributed by atoms with Gasteiger partial charge in [-0.25, -0.2) is 0 Å². The molecule has 2 rings (SSSR count). The van der Waals surface area contributed by atoms with Crippen molar-refractivity contribution in [3.8, 4) is 0 Å². The fourth-order valence-corrected chi connectivity index (χ4v) is 2.79. The molecule has 0 aliphatic rings. The highest BCUT2D eigenvalue weighted by atomic mass is 35.5. The first-order valence-electron chi connectivity index (χ1n) is 5.21. The molecule has 3 heteroatoms. The maximum absolute atomic E-state index is 6.19. The fraction of sp³-hybridized carbons (Fsp3) is 0.231. The Morgan fingerprint density at radius 1 is 1.38 bits per heavy atom. The summed E-state index contributed by atoms with van der Waals surface area (Å²) < 4.78 is 0. The maximum Gasteiger partial charge on any atom is 0.0408 e. The number of rotatable bonds is 3. The van der Waals surface area contributed by atoms with Gasteiger partial charge in [-0.1, -0.05) is 23.7 Å². The number of thiophene rings is 1. The molecule has 0 aliphatic heterocycles. The van der Waals surface area contributed by atoms with Crippen LogP contribution < -0.4 is 5.73 Å². The summed E-state index contributed by atoms with van der Waals surface area (Å²) in [5.41, 5.74) is 8.61. The molecule has 16 heavy (non-hydrogen) atoms. The number of benzene rings is 1. The van der Waals surface area contributed by atoms with Gasteiger partial charge in [0.25, 0.3) is 0 Å². The van der Waals surface area contributed by atoms with Crippen LogP contribution in [0.25, 0.3) is 0 Å². The second-order valence-electron chi connectivity index (χ2n) is 3.87. The molecule has 0 amide bonds. The van der Waals surface area contributed by atoms with Gasteiger partial charge >= 0.3 is 0 Å². The number of hydrogen-bond donors (Lipinski definition) is 1. The average molecular weight is 252 g/mol. The summed E-state index contributed by atoms with van der Waals surface area (Å²) in [5.74, 6) is 0. The third kappa shape index (κ3) is 2.64. The Hall–Kier alpha value is -0.830. The van der Waals surface area contributed by atoms with Crippen LogP contribution in [-0.2, 0) is 6.42 Å². The van der Waals surface area contributed by atoms with Gasteiger partial charge in [-0.3, -0.25) is 0 Å². The monoisotopic (exact) mass is 251 g/mol. The molecule has 1 unspecified atom stereocenters. The van der Waals surface area contributed by atoms with Crippen LogP contribution >= 0.6 is 22.9 Å². The van der Waals surface area contributed by atoms with Gasteiger partial charge in [-0.15, -0.1) is 11.3 Å². The minimum absolute atomic E-state index is 0.0599. The van der Waals surface area contributed by atoms with Gasteiger partial charge in [0.1, 0.15) is 0 Å². The molecule has 0 fully saturated rings. The Bertz CT molecular complexity index is 478. The second-order valence-corrected chi connectivity index (χ2v) is 5.43. The van der Waals surface area contributed by atoms with Crippen molar-refractivity contribution in [1.29, 1.82) is 0 Å². The third-order valence-corrected chi connectivity index (χ3v) is 3.74. The molecular formula is C13H14ClNS. The zero-order chi connectivity index (χ0) is 11.5. The molecule has 2 aromatic rings. The Kier molecular flexibility index (Phi) is 3.64. The number of nitrogens with two attached hydrogens (primary N) is 1. The van der Waals surface area contributed by atoms with Crippen molar-refractivity contribution in [3.05, 3.63) is 56.7 Å².